The maximum Gasteiger partial charge on any atom is 0.335 e. The van der Waals surface area contributed by atoms with E-state index in [-0.39, 0.29) is 11.5 Å². The minimum absolute atomic E-state index is 0.229. The smallest absolute Gasteiger partial charge is 0.335 e. The lowest BCUT2D eigenvalue weighted by atomic mass is 10.0. The number of carboxylic acid groups (broad SMARTS) is 1. The fourth-order valence-corrected chi connectivity index (χ4v) is 2.26. The second-order valence-corrected chi connectivity index (χ2v) is 4.92. The zero-order valence-corrected chi connectivity index (χ0v) is 12.1. The molecular weight excluding hydrogens is 294 g/mol. The first-order chi connectivity index (χ1) is 11.1. The first-order valence-electron chi connectivity index (χ1n) is 6.77. The third-order valence-electron chi connectivity index (χ3n) is 3.42. The van der Waals surface area contributed by atoms with Gasteiger partial charge in [-0.15, -0.1) is 0 Å². The number of rotatable bonds is 3. The molecule has 0 atom stereocenters. The quantitative estimate of drug-likeness (QED) is 0.797. The number of aromatic carboxylic acids is 1. The van der Waals surface area contributed by atoms with Crippen molar-refractivity contribution in [1.82, 2.24) is 10.1 Å². The van der Waals surface area contributed by atoms with E-state index in [0.717, 1.165) is 0 Å². The van der Waals surface area contributed by atoms with E-state index in [1.54, 1.807) is 43.3 Å². The van der Waals surface area contributed by atoms with Crippen LogP contribution < -0.4 is 0 Å². The molecule has 3 rings (SSSR count). The monoisotopic (exact) mass is 305 g/mol. The Morgan fingerprint density at radius 3 is 2.74 bits per heavy atom. The van der Waals surface area contributed by atoms with Gasteiger partial charge in [-0.2, -0.15) is 10.2 Å². The number of nitriles is 1. The van der Waals surface area contributed by atoms with E-state index in [0.29, 0.717) is 28.1 Å². The fraction of sp³-hybridized carbons (Fsp3) is 0.0588. The number of nitrogens with zero attached hydrogens (tertiary/aromatic N) is 3. The Kier molecular flexibility index (Phi) is 3.61. The molecule has 6 heteroatoms. The van der Waals surface area contributed by atoms with Crippen molar-refractivity contribution in [1.29, 1.82) is 5.26 Å². The minimum Gasteiger partial charge on any atom is -0.478 e. The predicted octanol–water partition coefficient (Wildman–Crippen LogP) is 3.28. The number of aryl methyl sites for hydroxylation is 1. The Morgan fingerprint density at radius 1 is 1.26 bits per heavy atom. The van der Waals surface area contributed by atoms with Crippen molar-refractivity contribution in [3.8, 4) is 28.9 Å². The summed E-state index contributed by atoms with van der Waals surface area (Å²) >= 11 is 0. The largest absolute Gasteiger partial charge is 0.478 e. The molecule has 0 saturated carbocycles. The molecule has 1 heterocycles. The molecule has 0 unspecified atom stereocenters. The molecule has 23 heavy (non-hydrogen) atoms. The lowest BCUT2D eigenvalue weighted by Crippen LogP contribution is -1.99. The van der Waals surface area contributed by atoms with Crippen LogP contribution in [0.2, 0.25) is 0 Å². The summed E-state index contributed by atoms with van der Waals surface area (Å²) in [6.45, 7) is 1.71. The van der Waals surface area contributed by atoms with Crippen LogP contribution in [0.4, 0.5) is 0 Å². The highest BCUT2D eigenvalue weighted by Crippen LogP contribution is 2.25. The first kappa shape index (κ1) is 14.5. The average molecular weight is 305 g/mol. The van der Waals surface area contributed by atoms with Gasteiger partial charge in [-0.25, -0.2) is 4.79 Å². The SMILES string of the molecule is Cc1cc(-c2noc(-c3ccccc3C#N)n2)ccc1C(=O)O. The Hall–Kier alpha value is -3.46. The molecule has 112 valence electrons. The van der Waals surface area contributed by atoms with Crippen LogP contribution in [0.1, 0.15) is 21.5 Å². The summed E-state index contributed by atoms with van der Waals surface area (Å²) in [6.07, 6.45) is 0. The summed E-state index contributed by atoms with van der Waals surface area (Å²) in [5.74, 6) is -0.393. The van der Waals surface area contributed by atoms with E-state index in [2.05, 4.69) is 16.2 Å². The number of carboxylic acids is 1. The molecule has 0 fully saturated rings. The molecule has 0 saturated heterocycles. The van der Waals surface area contributed by atoms with E-state index >= 15 is 0 Å². The van der Waals surface area contributed by atoms with Crippen molar-refractivity contribution >= 4 is 5.97 Å². The molecule has 0 radical (unpaired) electrons. The van der Waals surface area contributed by atoms with Crippen LogP contribution in [-0.2, 0) is 0 Å². The second kappa shape index (κ2) is 5.73. The molecule has 3 aromatic rings. The molecular formula is C17H11N3O3. The standard InChI is InChI=1S/C17H11N3O3/c1-10-8-11(6-7-13(10)17(21)22)15-19-16(23-20-15)14-5-3-2-4-12(14)9-18/h2-8H,1H3,(H,21,22). The van der Waals surface area contributed by atoms with Gasteiger partial charge in [0.2, 0.25) is 5.82 Å². The Morgan fingerprint density at radius 2 is 2.04 bits per heavy atom. The van der Waals surface area contributed by atoms with Crippen LogP contribution in [0.5, 0.6) is 0 Å². The van der Waals surface area contributed by atoms with E-state index in [9.17, 15) is 4.79 Å². The van der Waals surface area contributed by atoms with Gasteiger partial charge in [0, 0.05) is 5.56 Å². The maximum atomic E-state index is 11.0. The average Bonchev–Trinajstić information content (AvgIpc) is 3.04. The number of carbonyl (C=O) groups is 1. The van der Waals surface area contributed by atoms with E-state index in [4.69, 9.17) is 14.9 Å². The van der Waals surface area contributed by atoms with Gasteiger partial charge < -0.3 is 9.63 Å². The van der Waals surface area contributed by atoms with Crippen molar-refractivity contribution in [3.05, 3.63) is 59.2 Å². The van der Waals surface area contributed by atoms with Crippen molar-refractivity contribution in [2.75, 3.05) is 0 Å². The Labute approximate surface area is 131 Å². The van der Waals surface area contributed by atoms with E-state index in [1.165, 1.54) is 6.07 Å². The zero-order chi connectivity index (χ0) is 16.4. The first-order valence-corrected chi connectivity index (χ1v) is 6.77. The molecule has 0 spiro atoms. The third kappa shape index (κ3) is 2.68. The molecule has 1 aromatic heterocycles. The lowest BCUT2D eigenvalue weighted by molar-refractivity contribution is 0.0696. The van der Waals surface area contributed by atoms with Gasteiger partial charge in [0.15, 0.2) is 0 Å². The molecule has 0 aliphatic rings. The number of benzene rings is 2. The summed E-state index contributed by atoms with van der Waals surface area (Å²) in [5.41, 5.74) is 2.50. The lowest BCUT2D eigenvalue weighted by Gasteiger charge is -2.01. The molecule has 1 N–H and O–H groups in total. The molecule has 0 amide bonds. The highest BCUT2D eigenvalue weighted by Gasteiger charge is 2.15. The topological polar surface area (TPSA) is 100 Å². The van der Waals surface area contributed by atoms with Crippen molar-refractivity contribution < 1.29 is 14.4 Å². The van der Waals surface area contributed by atoms with Crippen LogP contribution >= 0.6 is 0 Å². The van der Waals surface area contributed by atoms with Crippen LogP contribution in [0.3, 0.4) is 0 Å². The zero-order valence-electron chi connectivity index (χ0n) is 12.1. The third-order valence-corrected chi connectivity index (χ3v) is 3.42. The molecule has 2 aromatic carbocycles. The predicted molar refractivity (Wildman–Crippen MR) is 81.6 cm³/mol. The summed E-state index contributed by atoms with van der Waals surface area (Å²) in [6, 6.07) is 13.8. The fourth-order valence-electron chi connectivity index (χ4n) is 2.26. The van der Waals surface area contributed by atoms with Gasteiger partial charge >= 0.3 is 5.97 Å². The van der Waals surface area contributed by atoms with Gasteiger partial charge in [0.25, 0.3) is 5.89 Å². The van der Waals surface area contributed by atoms with Gasteiger partial charge in [-0.1, -0.05) is 23.4 Å². The van der Waals surface area contributed by atoms with E-state index in [1.807, 2.05) is 0 Å². The molecule has 0 bridgehead atoms. The highest BCUT2D eigenvalue weighted by atomic mass is 16.5. The van der Waals surface area contributed by atoms with E-state index < -0.39 is 5.97 Å². The molecule has 6 nitrogen and oxygen atoms in total. The summed E-state index contributed by atoms with van der Waals surface area (Å²) in [4.78, 5) is 15.3. The summed E-state index contributed by atoms with van der Waals surface area (Å²) < 4.78 is 5.24. The second-order valence-electron chi connectivity index (χ2n) is 4.92. The van der Waals surface area contributed by atoms with Crippen LogP contribution in [0.15, 0.2) is 47.0 Å². The molecule has 0 aliphatic heterocycles. The van der Waals surface area contributed by atoms with Crippen molar-refractivity contribution in [2.24, 2.45) is 0 Å². The van der Waals surface area contributed by atoms with Crippen LogP contribution in [0.25, 0.3) is 22.8 Å². The van der Waals surface area contributed by atoms with Gasteiger partial charge in [-0.05, 0) is 36.8 Å². The minimum atomic E-state index is -0.981. The van der Waals surface area contributed by atoms with Gasteiger partial charge in [-0.3, -0.25) is 0 Å². The number of hydrogen-bond acceptors (Lipinski definition) is 5. The van der Waals surface area contributed by atoms with Crippen LogP contribution in [0, 0.1) is 18.3 Å². The number of hydrogen-bond donors (Lipinski definition) is 1. The van der Waals surface area contributed by atoms with Crippen LogP contribution in [-0.4, -0.2) is 21.2 Å². The summed E-state index contributed by atoms with van der Waals surface area (Å²) in [7, 11) is 0. The van der Waals surface area contributed by atoms with Crippen molar-refractivity contribution in [3.63, 3.8) is 0 Å². The van der Waals surface area contributed by atoms with Gasteiger partial charge in [0.05, 0.1) is 22.8 Å². The Balaban J connectivity index is 2.01. The molecule has 0 aliphatic carbocycles. The van der Waals surface area contributed by atoms with Crippen molar-refractivity contribution in [2.45, 2.75) is 6.92 Å². The normalized spacial score (nSPS) is 10.3. The van der Waals surface area contributed by atoms with Gasteiger partial charge in [0.1, 0.15) is 0 Å². The summed E-state index contributed by atoms with van der Waals surface area (Å²) in [5, 5.41) is 22.1. The number of aromatic nitrogens is 2. The Bertz CT molecular complexity index is 938. The maximum absolute atomic E-state index is 11.0. The highest BCUT2D eigenvalue weighted by molar-refractivity contribution is 5.90.